The number of fused-ring (bicyclic) bond motifs is 1. The lowest BCUT2D eigenvalue weighted by Crippen LogP contribution is -2.55. The highest BCUT2D eigenvalue weighted by molar-refractivity contribution is 5.32. The molecule has 54 heavy (non-hydrogen) atoms. The van der Waals surface area contributed by atoms with E-state index in [0.717, 1.165) is 56.5 Å². The van der Waals surface area contributed by atoms with E-state index in [1.54, 1.807) is 14.2 Å². The number of hydrogen-bond acceptors (Lipinski definition) is 9. The second kappa shape index (κ2) is 18.3. The predicted octanol–water partition coefficient (Wildman–Crippen LogP) is 8.38. The summed E-state index contributed by atoms with van der Waals surface area (Å²) >= 11 is 0. The number of methoxy groups -OCH3 is 2. The highest BCUT2D eigenvalue weighted by atomic mass is 16.7. The largest absolute Gasteiger partial charge is 0.501 e. The molecule has 13 unspecified atom stereocenters. The Kier molecular flexibility index (Phi) is 14.7. The quantitative estimate of drug-likeness (QED) is 0.150. The SMILES string of the molecule is CCC1(C)C(CCC(C)OC2O[C@@H](C)[C@@H](O)CC2O)=CCC2C1CCC(C)(C(C(C)OC1O[C@@H](C)CCC1O)C(C)C1=CC(OC)=CC=C(OC)C1)C2C. The number of aliphatic hydroxyl groups excluding tert-OH is 3. The first-order valence-electron chi connectivity index (χ1n) is 21.1. The highest BCUT2D eigenvalue weighted by Gasteiger charge is 2.56. The van der Waals surface area contributed by atoms with Crippen LogP contribution in [0.1, 0.15) is 127 Å². The number of rotatable bonds is 14. The van der Waals surface area contributed by atoms with Crippen molar-refractivity contribution in [2.24, 2.45) is 40.4 Å². The Morgan fingerprint density at radius 3 is 2.30 bits per heavy atom. The summed E-state index contributed by atoms with van der Waals surface area (Å²) in [7, 11) is 3.46. The molecule has 0 aromatic carbocycles. The van der Waals surface area contributed by atoms with Crippen LogP contribution in [-0.2, 0) is 28.4 Å². The van der Waals surface area contributed by atoms with Crippen molar-refractivity contribution in [1.82, 2.24) is 0 Å². The van der Waals surface area contributed by atoms with E-state index in [1.165, 1.54) is 11.1 Å². The molecule has 0 spiro atoms. The standard InChI is InChI=1S/C45H74O9/c1-12-44(8)33(15-13-26(2)52-43-40(48)25-39(47)30(6)53-43)16-19-36-29(5)45(9,22-21-37(36)44)41(31(7)54-42-38(46)20-14-27(3)51-42)28(4)32-23-34(49-10)17-18-35(24-32)50-11/h16-18,23,26-31,36-43,46-48H,12-15,19-22,24-25H2,1-11H3/t26?,27-,28?,29?,30-,31?,36?,37?,38?,39-,40?,41?,42?,43?,44?,45?/m0/s1. The van der Waals surface area contributed by atoms with Gasteiger partial charge in [0.25, 0.3) is 0 Å². The van der Waals surface area contributed by atoms with Crippen molar-refractivity contribution in [3.8, 4) is 0 Å². The number of allylic oxidation sites excluding steroid dienone is 6. The van der Waals surface area contributed by atoms with Crippen molar-refractivity contribution in [2.45, 2.75) is 182 Å². The fourth-order valence-electron chi connectivity index (χ4n) is 11.1. The minimum absolute atomic E-state index is 0.0502. The van der Waals surface area contributed by atoms with Crippen molar-refractivity contribution in [3.05, 3.63) is 47.0 Å². The van der Waals surface area contributed by atoms with Gasteiger partial charge < -0.3 is 43.7 Å². The van der Waals surface area contributed by atoms with Crippen molar-refractivity contribution in [3.63, 3.8) is 0 Å². The fourth-order valence-corrected chi connectivity index (χ4v) is 11.1. The third-order valence-corrected chi connectivity index (χ3v) is 14.9. The van der Waals surface area contributed by atoms with Crippen LogP contribution < -0.4 is 0 Å². The minimum atomic E-state index is -0.827. The summed E-state index contributed by atoms with van der Waals surface area (Å²) in [6, 6.07) is 0. The summed E-state index contributed by atoms with van der Waals surface area (Å²) in [6.07, 6.45) is 13.3. The average Bonchev–Trinajstić information content (AvgIpc) is 3.36. The van der Waals surface area contributed by atoms with Crippen LogP contribution in [0.25, 0.3) is 0 Å². The lowest BCUT2D eigenvalue weighted by Gasteiger charge is -2.60. The van der Waals surface area contributed by atoms with Crippen molar-refractivity contribution in [2.75, 3.05) is 14.2 Å². The maximum absolute atomic E-state index is 11.0. The molecule has 5 rings (SSSR count). The molecule has 3 fully saturated rings. The summed E-state index contributed by atoms with van der Waals surface area (Å²) in [4.78, 5) is 0. The Balaban J connectivity index is 1.39. The van der Waals surface area contributed by atoms with Gasteiger partial charge in [0, 0.05) is 12.8 Å². The highest BCUT2D eigenvalue weighted by Crippen LogP contribution is 2.63. The molecule has 9 heteroatoms. The maximum atomic E-state index is 11.0. The van der Waals surface area contributed by atoms with Gasteiger partial charge in [0.15, 0.2) is 12.6 Å². The minimum Gasteiger partial charge on any atom is -0.501 e. The Morgan fingerprint density at radius 2 is 1.61 bits per heavy atom. The molecule has 0 radical (unpaired) electrons. The predicted molar refractivity (Wildman–Crippen MR) is 211 cm³/mol. The molecule has 0 bridgehead atoms. The molecule has 5 aliphatic rings. The fraction of sp³-hybridized carbons (Fsp3) is 0.822. The first kappa shape index (κ1) is 43.4. The molecule has 16 atom stereocenters. The Bertz CT molecular complexity index is 1370. The Morgan fingerprint density at radius 1 is 0.889 bits per heavy atom. The third-order valence-electron chi connectivity index (χ3n) is 14.9. The van der Waals surface area contributed by atoms with Crippen LogP contribution in [0.4, 0.5) is 0 Å². The molecule has 3 aliphatic carbocycles. The van der Waals surface area contributed by atoms with Crippen molar-refractivity contribution in [1.29, 1.82) is 0 Å². The first-order chi connectivity index (χ1) is 25.6. The van der Waals surface area contributed by atoms with E-state index in [0.29, 0.717) is 30.6 Å². The Hall–Kier alpha value is -1.72. The van der Waals surface area contributed by atoms with Gasteiger partial charge in [-0.2, -0.15) is 0 Å². The molecule has 2 saturated heterocycles. The summed E-state index contributed by atoms with van der Waals surface area (Å²) in [5, 5.41) is 31.6. The van der Waals surface area contributed by atoms with E-state index in [1.807, 2.05) is 19.1 Å². The molecular formula is C45H74O9. The smallest absolute Gasteiger partial charge is 0.184 e. The van der Waals surface area contributed by atoms with Crippen LogP contribution in [0.3, 0.4) is 0 Å². The molecule has 308 valence electrons. The Labute approximate surface area is 326 Å². The van der Waals surface area contributed by atoms with E-state index in [2.05, 4.69) is 67.5 Å². The molecule has 9 nitrogen and oxygen atoms in total. The van der Waals surface area contributed by atoms with E-state index >= 15 is 0 Å². The monoisotopic (exact) mass is 759 g/mol. The van der Waals surface area contributed by atoms with Crippen LogP contribution in [0.2, 0.25) is 0 Å². The maximum Gasteiger partial charge on any atom is 0.184 e. The molecular weight excluding hydrogens is 684 g/mol. The molecule has 2 heterocycles. The summed E-state index contributed by atoms with van der Waals surface area (Å²) in [6.45, 7) is 20.4. The van der Waals surface area contributed by atoms with E-state index in [9.17, 15) is 15.3 Å². The van der Waals surface area contributed by atoms with Gasteiger partial charge in [0.05, 0.1) is 50.5 Å². The van der Waals surface area contributed by atoms with Crippen LogP contribution in [0.5, 0.6) is 0 Å². The lowest BCUT2D eigenvalue weighted by molar-refractivity contribution is -0.273. The van der Waals surface area contributed by atoms with Gasteiger partial charge in [0.2, 0.25) is 0 Å². The topological polar surface area (TPSA) is 116 Å². The molecule has 2 aliphatic heterocycles. The molecule has 0 aromatic rings. The van der Waals surface area contributed by atoms with E-state index in [4.69, 9.17) is 28.4 Å². The van der Waals surface area contributed by atoms with E-state index < -0.39 is 30.9 Å². The van der Waals surface area contributed by atoms with Crippen LogP contribution >= 0.6 is 0 Å². The van der Waals surface area contributed by atoms with Gasteiger partial charge in [-0.15, -0.1) is 0 Å². The second-order valence-corrected chi connectivity index (χ2v) is 18.0. The van der Waals surface area contributed by atoms with Gasteiger partial charge in [-0.3, -0.25) is 0 Å². The zero-order valence-electron chi connectivity index (χ0n) is 35.3. The molecule has 0 aromatic heterocycles. The van der Waals surface area contributed by atoms with Gasteiger partial charge in [-0.1, -0.05) is 51.8 Å². The first-order valence-corrected chi connectivity index (χ1v) is 21.1. The van der Waals surface area contributed by atoms with Crippen LogP contribution in [-0.4, -0.2) is 84.8 Å². The molecule has 3 N–H and O–H groups in total. The van der Waals surface area contributed by atoms with Crippen LogP contribution in [0.15, 0.2) is 47.0 Å². The third kappa shape index (κ3) is 9.19. The zero-order chi connectivity index (χ0) is 39.5. The van der Waals surface area contributed by atoms with Gasteiger partial charge in [-0.25, -0.2) is 0 Å². The zero-order valence-corrected chi connectivity index (χ0v) is 35.3. The second-order valence-electron chi connectivity index (χ2n) is 18.0. The lowest BCUT2D eigenvalue weighted by atomic mass is 9.45. The van der Waals surface area contributed by atoms with Gasteiger partial charge in [0.1, 0.15) is 18.0 Å². The number of hydrogen-bond donors (Lipinski definition) is 3. The number of aliphatic hydroxyl groups is 3. The summed E-state index contributed by atoms with van der Waals surface area (Å²) < 4.78 is 36.7. The van der Waals surface area contributed by atoms with Crippen LogP contribution in [0, 0.1) is 40.4 Å². The van der Waals surface area contributed by atoms with E-state index in [-0.39, 0.29) is 53.5 Å². The summed E-state index contributed by atoms with van der Waals surface area (Å²) in [5.41, 5.74) is 2.82. The normalized spacial score (nSPS) is 41.1. The molecule has 1 saturated carbocycles. The van der Waals surface area contributed by atoms with Crippen molar-refractivity contribution < 1.29 is 43.7 Å². The van der Waals surface area contributed by atoms with Gasteiger partial charge >= 0.3 is 0 Å². The summed E-state index contributed by atoms with van der Waals surface area (Å²) in [5.74, 6) is 3.51. The molecule has 0 amide bonds. The van der Waals surface area contributed by atoms with Crippen molar-refractivity contribution >= 4 is 0 Å². The number of ether oxygens (including phenoxy) is 6. The van der Waals surface area contributed by atoms with Gasteiger partial charge in [-0.05, 0) is 138 Å². The average molecular weight is 759 g/mol.